The Hall–Kier alpha value is -3.08. The predicted octanol–water partition coefficient (Wildman–Crippen LogP) is 1.40. The minimum atomic E-state index is -4.05. The van der Waals surface area contributed by atoms with Crippen molar-refractivity contribution in [1.82, 2.24) is 14.6 Å². The second kappa shape index (κ2) is 8.30. The highest BCUT2D eigenvalue weighted by atomic mass is 32.2. The largest absolute Gasteiger partial charge is 0.478 e. The van der Waals surface area contributed by atoms with E-state index in [1.165, 1.54) is 18.2 Å². The number of benzene rings is 2. The van der Waals surface area contributed by atoms with Gasteiger partial charge >= 0.3 is 5.97 Å². The first-order valence-electron chi connectivity index (χ1n) is 8.18. The third kappa shape index (κ3) is 5.00. The first-order chi connectivity index (χ1) is 13.3. The van der Waals surface area contributed by atoms with E-state index < -0.39 is 22.0 Å². The lowest BCUT2D eigenvalue weighted by Crippen LogP contribution is -2.52. The van der Waals surface area contributed by atoms with E-state index in [4.69, 9.17) is 0 Å². The molecule has 8 nitrogen and oxygen atoms in total. The molecular formula is C18H17FN4O4S. The third-order valence-electron chi connectivity index (χ3n) is 3.82. The van der Waals surface area contributed by atoms with E-state index in [0.717, 1.165) is 16.8 Å². The highest BCUT2D eigenvalue weighted by Crippen LogP contribution is 2.14. The van der Waals surface area contributed by atoms with Crippen molar-refractivity contribution in [3.63, 3.8) is 0 Å². The Morgan fingerprint density at radius 3 is 2.61 bits per heavy atom. The summed E-state index contributed by atoms with van der Waals surface area (Å²) in [6.07, 6.45) is 1.12. The van der Waals surface area contributed by atoms with Crippen LogP contribution in [0.4, 0.5) is 4.39 Å². The fourth-order valence-corrected chi connectivity index (χ4v) is 3.37. The molecule has 0 bridgehead atoms. The van der Waals surface area contributed by atoms with Gasteiger partial charge < -0.3 is 5.11 Å². The number of amidine groups is 1. The Morgan fingerprint density at radius 1 is 1.18 bits per heavy atom. The van der Waals surface area contributed by atoms with Gasteiger partial charge in [0, 0.05) is 18.3 Å². The quantitative estimate of drug-likeness (QED) is 0.646. The van der Waals surface area contributed by atoms with E-state index in [0.29, 0.717) is 5.56 Å². The van der Waals surface area contributed by atoms with Crippen molar-refractivity contribution in [3.8, 4) is 0 Å². The van der Waals surface area contributed by atoms with Crippen LogP contribution in [0.5, 0.6) is 0 Å². The fraction of sp³-hybridized carbons (Fsp3) is 0.111. The lowest BCUT2D eigenvalue weighted by atomic mass is 10.1. The van der Waals surface area contributed by atoms with Gasteiger partial charge in [-0.1, -0.05) is 42.5 Å². The number of hydrazine groups is 1. The lowest BCUT2D eigenvalue weighted by molar-refractivity contribution is -0.132. The zero-order chi connectivity index (χ0) is 20.1. The number of aliphatic imine (C=N–C) groups is 1. The number of nitrogens with one attached hydrogen (secondary N) is 2. The minimum absolute atomic E-state index is 0.0398. The summed E-state index contributed by atoms with van der Waals surface area (Å²) in [6, 6.07) is 14.3. The molecular weight excluding hydrogens is 387 g/mol. The monoisotopic (exact) mass is 404 g/mol. The zero-order valence-electron chi connectivity index (χ0n) is 14.5. The van der Waals surface area contributed by atoms with Crippen LogP contribution in [-0.4, -0.2) is 36.9 Å². The van der Waals surface area contributed by atoms with Gasteiger partial charge in [-0.15, -0.1) is 4.83 Å². The SMILES string of the molecule is O=C(O)C1=CN=C(c2cccc(F)c2)N(NS(=O)(=O)NCc2ccccc2)C1. The van der Waals surface area contributed by atoms with Gasteiger partial charge in [0.05, 0.1) is 12.1 Å². The van der Waals surface area contributed by atoms with Crippen LogP contribution in [0.1, 0.15) is 11.1 Å². The van der Waals surface area contributed by atoms with E-state index in [1.54, 1.807) is 30.3 Å². The van der Waals surface area contributed by atoms with Crippen LogP contribution < -0.4 is 9.55 Å². The number of hydrogen-bond acceptors (Lipinski definition) is 5. The number of carboxylic acids is 1. The minimum Gasteiger partial charge on any atom is -0.478 e. The Kier molecular flexibility index (Phi) is 5.83. The van der Waals surface area contributed by atoms with Crippen LogP contribution in [0.15, 0.2) is 71.4 Å². The molecule has 1 aliphatic rings. The van der Waals surface area contributed by atoms with E-state index >= 15 is 0 Å². The van der Waals surface area contributed by atoms with Gasteiger partial charge in [0.1, 0.15) is 5.82 Å². The maximum absolute atomic E-state index is 13.6. The smallest absolute Gasteiger partial charge is 0.335 e. The second-order valence-electron chi connectivity index (χ2n) is 5.91. The molecule has 0 aromatic heterocycles. The van der Waals surface area contributed by atoms with Crippen LogP contribution in [0.25, 0.3) is 0 Å². The second-order valence-corrected chi connectivity index (χ2v) is 7.39. The van der Waals surface area contributed by atoms with Crippen LogP contribution >= 0.6 is 0 Å². The van der Waals surface area contributed by atoms with Crippen LogP contribution in [0, 0.1) is 5.82 Å². The summed E-state index contributed by atoms with van der Waals surface area (Å²) >= 11 is 0. The highest BCUT2D eigenvalue weighted by Gasteiger charge is 2.26. The number of aliphatic carboxylic acids is 1. The standard InChI is InChI=1S/C18H17FN4O4S/c19-16-8-4-7-14(9-16)17-20-11-15(18(24)25)12-23(17)22-28(26,27)21-10-13-5-2-1-3-6-13/h1-9,11,21-22H,10,12H2,(H,24,25). The fourth-order valence-electron chi connectivity index (χ4n) is 2.50. The van der Waals surface area contributed by atoms with E-state index in [2.05, 4.69) is 14.5 Å². The Bertz CT molecular complexity index is 1040. The van der Waals surface area contributed by atoms with Crippen molar-refractivity contribution in [1.29, 1.82) is 0 Å². The maximum atomic E-state index is 13.6. The molecule has 0 spiro atoms. The summed E-state index contributed by atoms with van der Waals surface area (Å²) in [7, 11) is -4.05. The van der Waals surface area contributed by atoms with Gasteiger partial charge in [-0.05, 0) is 17.7 Å². The summed E-state index contributed by atoms with van der Waals surface area (Å²) in [5.41, 5.74) is 0.925. The van der Waals surface area contributed by atoms with Crippen molar-refractivity contribution in [2.75, 3.05) is 6.54 Å². The molecule has 0 saturated heterocycles. The molecule has 2 aromatic carbocycles. The molecule has 1 aliphatic heterocycles. The van der Waals surface area contributed by atoms with Gasteiger partial charge in [-0.3, -0.25) is 5.01 Å². The average Bonchev–Trinajstić information content (AvgIpc) is 2.67. The maximum Gasteiger partial charge on any atom is 0.335 e. The Labute approximate surface area is 161 Å². The molecule has 0 aliphatic carbocycles. The van der Waals surface area contributed by atoms with Gasteiger partial charge in [0.25, 0.3) is 10.2 Å². The average molecular weight is 404 g/mol. The number of hydrogen-bond donors (Lipinski definition) is 3. The molecule has 0 radical (unpaired) electrons. The molecule has 3 N–H and O–H groups in total. The molecule has 0 amide bonds. The molecule has 3 rings (SSSR count). The zero-order valence-corrected chi connectivity index (χ0v) is 15.4. The highest BCUT2D eigenvalue weighted by molar-refractivity contribution is 7.87. The Morgan fingerprint density at radius 2 is 1.93 bits per heavy atom. The molecule has 0 saturated carbocycles. The summed E-state index contributed by atoms with van der Waals surface area (Å²) < 4.78 is 40.8. The summed E-state index contributed by atoms with van der Waals surface area (Å²) in [4.78, 5) is 17.5. The van der Waals surface area contributed by atoms with Gasteiger partial charge in [-0.25, -0.2) is 14.2 Å². The van der Waals surface area contributed by atoms with Crippen molar-refractivity contribution < 1.29 is 22.7 Å². The number of rotatable bonds is 7. The van der Waals surface area contributed by atoms with E-state index in [1.807, 2.05) is 6.07 Å². The molecule has 2 aromatic rings. The van der Waals surface area contributed by atoms with Gasteiger partial charge in [0.15, 0.2) is 5.84 Å². The van der Waals surface area contributed by atoms with Crippen LogP contribution in [0.3, 0.4) is 0 Å². The van der Waals surface area contributed by atoms with Crippen LogP contribution in [-0.2, 0) is 21.5 Å². The normalized spacial score (nSPS) is 14.4. The van der Waals surface area contributed by atoms with Crippen LogP contribution in [0.2, 0.25) is 0 Å². The first-order valence-corrected chi connectivity index (χ1v) is 9.67. The molecule has 0 atom stereocenters. The van der Waals surface area contributed by atoms with E-state index in [-0.39, 0.29) is 24.5 Å². The third-order valence-corrected chi connectivity index (χ3v) is 4.81. The Balaban J connectivity index is 1.82. The summed E-state index contributed by atoms with van der Waals surface area (Å²) in [5, 5.41) is 10.2. The summed E-state index contributed by atoms with van der Waals surface area (Å²) in [6.45, 7) is -0.241. The number of carbonyl (C=O) groups is 1. The van der Waals surface area contributed by atoms with Crippen molar-refractivity contribution in [2.24, 2.45) is 4.99 Å². The number of nitrogens with zero attached hydrogens (tertiary/aromatic N) is 2. The summed E-state index contributed by atoms with van der Waals surface area (Å²) in [5.74, 6) is -1.68. The van der Waals surface area contributed by atoms with Gasteiger partial charge in [-0.2, -0.15) is 13.1 Å². The molecule has 0 fully saturated rings. The molecule has 146 valence electrons. The first kappa shape index (κ1) is 19.7. The molecule has 28 heavy (non-hydrogen) atoms. The molecule has 10 heteroatoms. The molecule has 1 heterocycles. The van der Waals surface area contributed by atoms with Crippen molar-refractivity contribution in [3.05, 3.63) is 83.3 Å². The topological polar surface area (TPSA) is 111 Å². The number of halogens is 1. The van der Waals surface area contributed by atoms with E-state index in [9.17, 15) is 22.7 Å². The van der Waals surface area contributed by atoms with Crippen molar-refractivity contribution in [2.45, 2.75) is 6.54 Å². The molecule has 0 unspecified atom stereocenters. The van der Waals surface area contributed by atoms with Crippen molar-refractivity contribution >= 4 is 22.0 Å². The number of carboxylic acid groups (broad SMARTS) is 1. The lowest BCUT2D eigenvalue weighted by Gasteiger charge is -2.28. The predicted molar refractivity (Wildman–Crippen MR) is 101 cm³/mol. The van der Waals surface area contributed by atoms with Gasteiger partial charge in [0.2, 0.25) is 0 Å².